The van der Waals surface area contributed by atoms with Crippen LogP contribution in [0.4, 0.5) is 5.69 Å². The van der Waals surface area contributed by atoms with Crippen LogP contribution >= 0.6 is 0 Å². The highest BCUT2D eigenvalue weighted by Crippen LogP contribution is 2.56. The number of benzene rings is 1. The van der Waals surface area contributed by atoms with Crippen LogP contribution in [0.2, 0.25) is 0 Å². The van der Waals surface area contributed by atoms with Gasteiger partial charge in [0.25, 0.3) is 5.91 Å². The summed E-state index contributed by atoms with van der Waals surface area (Å²) in [6, 6.07) is 5.55. The number of fused-ring (bicyclic) bond motifs is 1. The van der Waals surface area contributed by atoms with Gasteiger partial charge in [-0.1, -0.05) is 0 Å². The highest BCUT2D eigenvalue weighted by molar-refractivity contribution is 6.01. The van der Waals surface area contributed by atoms with Crippen LogP contribution < -0.4 is 11.1 Å². The number of nitrogens with one attached hydrogen (secondary N) is 1. The molecule has 0 spiro atoms. The van der Waals surface area contributed by atoms with E-state index in [0.717, 1.165) is 28.3 Å². The summed E-state index contributed by atoms with van der Waals surface area (Å²) in [7, 11) is 0. The van der Waals surface area contributed by atoms with Gasteiger partial charge >= 0.3 is 0 Å². The highest BCUT2D eigenvalue weighted by atomic mass is 16.3. The average molecular weight is 355 g/mol. The van der Waals surface area contributed by atoms with E-state index in [1.165, 1.54) is 38.5 Å². The van der Waals surface area contributed by atoms with Crippen LogP contribution in [-0.2, 0) is 4.79 Å². The minimum Gasteiger partial charge on any atom is -0.380 e. The fraction of sp³-hybridized carbons (Fsp3) is 0.600. The number of hydrogen-bond donors (Lipinski definition) is 3. The third-order valence-electron chi connectivity index (χ3n) is 6.89. The Morgan fingerprint density at radius 1 is 1.19 bits per heavy atom. The molecule has 26 heavy (non-hydrogen) atoms. The summed E-state index contributed by atoms with van der Waals surface area (Å²) >= 11 is 0. The molecule has 1 atom stereocenters. The van der Waals surface area contributed by atoms with E-state index in [1.807, 2.05) is 12.1 Å². The molecule has 6 nitrogen and oxygen atoms in total. The molecule has 4 fully saturated rings. The Hall–Kier alpha value is -2.08. The summed E-state index contributed by atoms with van der Waals surface area (Å²) in [6.07, 6.45) is 6.74. The number of anilines is 1. The summed E-state index contributed by atoms with van der Waals surface area (Å²) in [5, 5.41) is 14.3. The zero-order valence-corrected chi connectivity index (χ0v) is 14.8. The molecule has 1 unspecified atom stereocenters. The Kier molecular flexibility index (Phi) is 3.38. The Morgan fingerprint density at radius 2 is 1.81 bits per heavy atom. The van der Waals surface area contributed by atoms with Gasteiger partial charge < -0.3 is 16.2 Å². The molecule has 2 amide bonds. The largest absolute Gasteiger partial charge is 0.380 e. The first-order valence-electron chi connectivity index (χ1n) is 9.62. The predicted octanol–water partition coefficient (Wildman–Crippen LogP) is 2.00. The molecule has 4 bridgehead atoms. The van der Waals surface area contributed by atoms with Crippen molar-refractivity contribution in [2.45, 2.75) is 50.3 Å². The van der Waals surface area contributed by atoms with Crippen molar-refractivity contribution < 1.29 is 14.7 Å². The van der Waals surface area contributed by atoms with E-state index in [4.69, 9.17) is 5.73 Å². The molecular formula is C20H25N3O3. The smallest absolute Gasteiger partial charge is 0.257 e. The molecule has 6 rings (SSSR count). The second-order valence-electron chi connectivity index (χ2n) is 8.90. The zero-order valence-electron chi connectivity index (χ0n) is 14.8. The number of carbonyl (C=O) groups excluding carboxylic acids is 2. The number of rotatable bonds is 4. The van der Waals surface area contributed by atoms with E-state index < -0.39 is 12.1 Å². The lowest BCUT2D eigenvalue weighted by molar-refractivity contribution is -0.120. The SMILES string of the molecule is NC(=O)CN1C(=O)c2ccc(NC34CC5CC(CC(C5)C3)C4)cc2C1O. The molecule has 0 radical (unpaired) electrons. The number of hydrogen-bond acceptors (Lipinski definition) is 4. The quantitative estimate of drug-likeness (QED) is 0.770. The van der Waals surface area contributed by atoms with E-state index in [-0.39, 0.29) is 18.0 Å². The minimum absolute atomic E-state index is 0.170. The number of nitrogens with two attached hydrogens (primary N) is 1. The van der Waals surface area contributed by atoms with E-state index in [1.54, 1.807) is 6.07 Å². The lowest BCUT2D eigenvalue weighted by Crippen LogP contribution is -2.54. The zero-order chi connectivity index (χ0) is 18.1. The van der Waals surface area contributed by atoms with Crippen molar-refractivity contribution in [3.8, 4) is 0 Å². The minimum atomic E-state index is -1.11. The van der Waals surface area contributed by atoms with Gasteiger partial charge in [0.1, 0.15) is 6.54 Å². The molecule has 4 N–H and O–H groups in total. The van der Waals surface area contributed by atoms with E-state index in [0.29, 0.717) is 11.1 Å². The van der Waals surface area contributed by atoms with Crippen LogP contribution in [0.25, 0.3) is 0 Å². The lowest BCUT2D eigenvalue weighted by atomic mass is 9.53. The molecule has 4 saturated carbocycles. The fourth-order valence-corrected chi connectivity index (χ4v) is 6.38. The van der Waals surface area contributed by atoms with Gasteiger partial charge in [0.05, 0.1) is 0 Å². The van der Waals surface area contributed by atoms with Crippen LogP contribution in [0, 0.1) is 17.8 Å². The number of primary amides is 1. The highest BCUT2D eigenvalue weighted by Gasteiger charge is 2.51. The maximum Gasteiger partial charge on any atom is 0.257 e. The first-order chi connectivity index (χ1) is 12.4. The molecule has 5 aliphatic rings. The summed E-state index contributed by atoms with van der Waals surface area (Å²) < 4.78 is 0. The van der Waals surface area contributed by atoms with Crippen LogP contribution in [0.5, 0.6) is 0 Å². The molecule has 6 heteroatoms. The lowest BCUT2D eigenvalue weighted by Gasteiger charge is -2.57. The molecule has 0 aromatic heterocycles. The molecule has 1 aliphatic heterocycles. The average Bonchev–Trinajstić information content (AvgIpc) is 2.77. The normalized spacial score (nSPS) is 37.1. The van der Waals surface area contributed by atoms with Gasteiger partial charge in [0.2, 0.25) is 5.91 Å². The van der Waals surface area contributed by atoms with Crippen LogP contribution in [0.1, 0.15) is 60.7 Å². The molecule has 1 aromatic carbocycles. The van der Waals surface area contributed by atoms with Crippen molar-refractivity contribution in [3.05, 3.63) is 29.3 Å². The fourth-order valence-electron chi connectivity index (χ4n) is 6.38. The van der Waals surface area contributed by atoms with Crippen molar-refractivity contribution in [1.29, 1.82) is 0 Å². The standard InChI is InChI=1S/C20H25N3O3/c21-17(24)10-23-18(25)15-2-1-14(6-16(15)19(23)26)22-20-7-11-3-12(8-20)5-13(4-11)9-20/h1-2,6,11-13,19,22,26H,3-5,7-10H2,(H2,21,24). The van der Waals surface area contributed by atoms with Crippen molar-refractivity contribution in [1.82, 2.24) is 4.90 Å². The van der Waals surface area contributed by atoms with Gasteiger partial charge in [0.15, 0.2) is 6.23 Å². The molecule has 1 heterocycles. The van der Waals surface area contributed by atoms with Gasteiger partial charge in [0, 0.05) is 22.4 Å². The maximum absolute atomic E-state index is 12.4. The molecular weight excluding hydrogens is 330 g/mol. The van der Waals surface area contributed by atoms with Gasteiger partial charge in [-0.3, -0.25) is 14.5 Å². The topological polar surface area (TPSA) is 95.7 Å². The second-order valence-corrected chi connectivity index (χ2v) is 8.90. The van der Waals surface area contributed by atoms with Crippen molar-refractivity contribution >= 4 is 17.5 Å². The number of carbonyl (C=O) groups is 2. The Labute approximate surface area is 152 Å². The summed E-state index contributed by atoms with van der Waals surface area (Å²) in [6.45, 7) is -0.271. The summed E-state index contributed by atoms with van der Waals surface area (Å²) in [5.74, 6) is 1.58. The van der Waals surface area contributed by atoms with Gasteiger partial charge in [-0.05, 0) is 74.5 Å². The molecule has 138 valence electrons. The maximum atomic E-state index is 12.4. The summed E-state index contributed by atoms with van der Waals surface area (Å²) in [5.41, 5.74) is 7.34. The first kappa shape index (κ1) is 16.1. The number of aliphatic hydroxyl groups is 1. The Morgan fingerprint density at radius 3 is 2.38 bits per heavy atom. The molecule has 1 aromatic rings. The van der Waals surface area contributed by atoms with Crippen LogP contribution in [0.3, 0.4) is 0 Å². The van der Waals surface area contributed by atoms with Gasteiger partial charge in [-0.25, -0.2) is 0 Å². The third-order valence-corrected chi connectivity index (χ3v) is 6.89. The second kappa shape index (κ2) is 5.46. The molecule has 0 saturated heterocycles. The third kappa shape index (κ3) is 2.42. The monoisotopic (exact) mass is 355 g/mol. The molecule has 4 aliphatic carbocycles. The number of amides is 2. The van der Waals surface area contributed by atoms with E-state index >= 15 is 0 Å². The van der Waals surface area contributed by atoms with Gasteiger partial charge in [-0.2, -0.15) is 0 Å². The Balaban J connectivity index is 1.41. The number of nitrogens with zero attached hydrogens (tertiary/aromatic N) is 1. The predicted molar refractivity (Wildman–Crippen MR) is 96.2 cm³/mol. The number of aliphatic hydroxyl groups excluding tert-OH is 1. The van der Waals surface area contributed by atoms with Crippen molar-refractivity contribution in [2.24, 2.45) is 23.5 Å². The van der Waals surface area contributed by atoms with Crippen molar-refractivity contribution in [3.63, 3.8) is 0 Å². The Bertz CT molecular complexity index is 755. The van der Waals surface area contributed by atoms with Crippen LogP contribution in [-0.4, -0.2) is 33.9 Å². The van der Waals surface area contributed by atoms with E-state index in [9.17, 15) is 14.7 Å². The summed E-state index contributed by atoms with van der Waals surface area (Å²) in [4.78, 5) is 24.7. The van der Waals surface area contributed by atoms with Gasteiger partial charge in [-0.15, -0.1) is 0 Å². The van der Waals surface area contributed by atoms with E-state index in [2.05, 4.69) is 5.32 Å². The van der Waals surface area contributed by atoms with Crippen LogP contribution in [0.15, 0.2) is 18.2 Å². The van der Waals surface area contributed by atoms with Crippen molar-refractivity contribution in [2.75, 3.05) is 11.9 Å². The first-order valence-corrected chi connectivity index (χ1v) is 9.62.